The summed E-state index contributed by atoms with van der Waals surface area (Å²) in [5.41, 5.74) is 1.39. The van der Waals surface area contributed by atoms with E-state index < -0.39 is 0 Å². The Kier molecular flexibility index (Phi) is 13.7. The molecule has 1 nitrogen and oxygen atoms in total. The molecule has 0 radical (unpaired) electrons. The second-order valence-electron chi connectivity index (χ2n) is 9.52. The molecule has 1 aromatic carbocycles. The predicted octanol–water partition coefficient (Wildman–Crippen LogP) is 9.30. The van der Waals surface area contributed by atoms with E-state index in [-0.39, 0.29) is 0 Å². The van der Waals surface area contributed by atoms with Gasteiger partial charge in [-0.3, -0.25) is 0 Å². The van der Waals surface area contributed by atoms with Crippen LogP contribution in [0, 0.1) is 11.8 Å². The zero-order valence-electron chi connectivity index (χ0n) is 20.0. The van der Waals surface area contributed by atoms with E-state index in [0.29, 0.717) is 0 Å². The third-order valence-corrected chi connectivity index (χ3v) is 6.81. The van der Waals surface area contributed by atoms with Crippen LogP contribution in [-0.2, 0) is 6.42 Å². The third-order valence-electron chi connectivity index (χ3n) is 6.81. The van der Waals surface area contributed by atoms with E-state index in [4.69, 9.17) is 4.74 Å². The van der Waals surface area contributed by atoms with Gasteiger partial charge in [0.05, 0.1) is 6.61 Å². The lowest BCUT2D eigenvalue weighted by Crippen LogP contribution is -2.13. The molecule has 0 amide bonds. The molecule has 1 aliphatic rings. The van der Waals surface area contributed by atoms with Gasteiger partial charge in [0.15, 0.2) is 0 Å². The van der Waals surface area contributed by atoms with Gasteiger partial charge in [-0.25, -0.2) is 0 Å². The highest BCUT2D eigenvalue weighted by Gasteiger charge is 2.18. The Hall–Kier alpha value is -1.24. The van der Waals surface area contributed by atoms with Crippen molar-refractivity contribution in [3.05, 3.63) is 42.0 Å². The molecule has 1 saturated carbocycles. The summed E-state index contributed by atoms with van der Waals surface area (Å²) in [6.07, 6.45) is 26.7. The molecule has 30 heavy (non-hydrogen) atoms. The molecule has 0 heterocycles. The van der Waals surface area contributed by atoms with Crippen LogP contribution < -0.4 is 4.74 Å². The predicted molar refractivity (Wildman–Crippen MR) is 132 cm³/mol. The Balaban J connectivity index is 1.54. The third kappa shape index (κ3) is 11.2. The molecule has 1 fully saturated rings. The number of unbranched alkanes of at least 4 members (excludes halogenated alkanes) is 8. The van der Waals surface area contributed by atoms with Crippen molar-refractivity contribution in [3.8, 4) is 5.75 Å². The van der Waals surface area contributed by atoms with Crippen LogP contribution in [0.25, 0.3) is 0 Å². The minimum atomic E-state index is 0.817. The average Bonchev–Trinajstić information content (AvgIpc) is 2.78. The largest absolute Gasteiger partial charge is 0.494 e. The number of hydrogen-bond donors (Lipinski definition) is 0. The maximum absolute atomic E-state index is 5.92. The van der Waals surface area contributed by atoms with E-state index in [1.165, 1.54) is 102 Å². The highest BCUT2D eigenvalue weighted by Crippen LogP contribution is 2.32. The molecule has 170 valence electrons. The first-order valence-electron chi connectivity index (χ1n) is 13.2. The molecule has 0 aromatic heterocycles. The first kappa shape index (κ1) is 25.0. The molecule has 0 spiro atoms. The van der Waals surface area contributed by atoms with Gasteiger partial charge in [-0.1, -0.05) is 102 Å². The standard InChI is InChI=1S/C29H48O/c1-3-5-7-8-9-10-12-25-30-29-23-21-28(22-24-29)16-13-15-27-19-17-26(18-20-27)14-11-6-4-2/h13,15,21-24,26-27H,3-12,14,16-20,25H2,1-2H3/b15-13+. The van der Waals surface area contributed by atoms with Crippen molar-refractivity contribution in [2.45, 2.75) is 117 Å². The lowest BCUT2D eigenvalue weighted by Gasteiger charge is -2.26. The summed E-state index contributed by atoms with van der Waals surface area (Å²) < 4.78 is 5.92. The highest BCUT2D eigenvalue weighted by atomic mass is 16.5. The van der Waals surface area contributed by atoms with Gasteiger partial charge < -0.3 is 4.74 Å². The SMILES string of the molecule is CCCCCCCCCOc1ccc(C/C=C/C2CCC(CCCCC)CC2)cc1. The highest BCUT2D eigenvalue weighted by molar-refractivity contribution is 5.28. The van der Waals surface area contributed by atoms with Crippen LogP contribution in [0.4, 0.5) is 0 Å². The molecule has 0 saturated heterocycles. The number of allylic oxidation sites excluding steroid dienone is 2. The van der Waals surface area contributed by atoms with Crippen LogP contribution in [-0.4, -0.2) is 6.61 Å². The molecule has 2 rings (SSSR count). The van der Waals surface area contributed by atoms with Crippen molar-refractivity contribution in [3.63, 3.8) is 0 Å². The van der Waals surface area contributed by atoms with E-state index in [1.54, 1.807) is 0 Å². The van der Waals surface area contributed by atoms with E-state index in [1.807, 2.05) is 0 Å². The normalized spacial score (nSPS) is 19.4. The minimum Gasteiger partial charge on any atom is -0.494 e. The topological polar surface area (TPSA) is 9.23 Å². The quantitative estimate of drug-likeness (QED) is 0.194. The molecular weight excluding hydrogens is 364 g/mol. The Labute approximate surface area is 187 Å². The van der Waals surface area contributed by atoms with Crippen molar-refractivity contribution in [1.82, 2.24) is 0 Å². The van der Waals surface area contributed by atoms with Crippen LogP contribution in [0.15, 0.2) is 36.4 Å². The molecule has 0 aliphatic heterocycles. The van der Waals surface area contributed by atoms with Crippen molar-refractivity contribution in [1.29, 1.82) is 0 Å². The monoisotopic (exact) mass is 412 g/mol. The maximum atomic E-state index is 5.92. The van der Waals surface area contributed by atoms with Crippen molar-refractivity contribution >= 4 is 0 Å². The fourth-order valence-electron chi connectivity index (χ4n) is 4.72. The molecule has 0 atom stereocenters. The van der Waals surface area contributed by atoms with E-state index in [9.17, 15) is 0 Å². The second kappa shape index (κ2) is 16.5. The van der Waals surface area contributed by atoms with Gasteiger partial charge in [0.1, 0.15) is 5.75 Å². The maximum Gasteiger partial charge on any atom is 0.119 e. The average molecular weight is 413 g/mol. The number of ether oxygens (including phenoxy) is 1. The Morgan fingerprint density at radius 1 is 0.767 bits per heavy atom. The summed E-state index contributed by atoms with van der Waals surface area (Å²) in [6, 6.07) is 8.75. The van der Waals surface area contributed by atoms with Crippen LogP contribution in [0.3, 0.4) is 0 Å². The molecule has 0 bridgehead atoms. The summed E-state index contributed by atoms with van der Waals surface area (Å²) in [5, 5.41) is 0. The fourth-order valence-corrected chi connectivity index (χ4v) is 4.72. The van der Waals surface area contributed by atoms with E-state index in [0.717, 1.165) is 30.6 Å². The molecule has 1 aromatic rings. The van der Waals surface area contributed by atoms with Gasteiger partial charge >= 0.3 is 0 Å². The molecule has 1 heteroatoms. The number of hydrogen-bond acceptors (Lipinski definition) is 1. The van der Waals surface area contributed by atoms with Crippen LogP contribution in [0.1, 0.15) is 116 Å². The van der Waals surface area contributed by atoms with Gasteiger partial charge in [0, 0.05) is 0 Å². The fraction of sp³-hybridized carbons (Fsp3) is 0.724. The second-order valence-corrected chi connectivity index (χ2v) is 9.52. The van der Waals surface area contributed by atoms with Crippen LogP contribution in [0.5, 0.6) is 5.75 Å². The van der Waals surface area contributed by atoms with Crippen LogP contribution >= 0.6 is 0 Å². The lowest BCUT2D eigenvalue weighted by atomic mass is 9.79. The Bertz CT molecular complexity index is 536. The smallest absolute Gasteiger partial charge is 0.119 e. The van der Waals surface area contributed by atoms with Gasteiger partial charge in [-0.05, 0) is 68.1 Å². The van der Waals surface area contributed by atoms with Gasteiger partial charge in [0.2, 0.25) is 0 Å². The Morgan fingerprint density at radius 2 is 1.40 bits per heavy atom. The minimum absolute atomic E-state index is 0.817. The first-order chi connectivity index (χ1) is 14.8. The summed E-state index contributed by atoms with van der Waals surface area (Å²) in [5.74, 6) is 2.85. The summed E-state index contributed by atoms with van der Waals surface area (Å²) in [4.78, 5) is 0. The van der Waals surface area contributed by atoms with E-state index >= 15 is 0 Å². The van der Waals surface area contributed by atoms with Gasteiger partial charge in [-0.2, -0.15) is 0 Å². The molecule has 0 unspecified atom stereocenters. The summed E-state index contributed by atoms with van der Waals surface area (Å²) >= 11 is 0. The zero-order chi connectivity index (χ0) is 21.3. The van der Waals surface area contributed by atoms with Crippen molar-refractivity contribution in [2.75, 3.05) is 6.61 Å². The van der Waals surface area contributed by atoms with E-state index in [2.05, 4.69) is 50.3 Å². The first-order valence-corrected chi connectivity index (χ1v) is 13.2. The van der Waals surface area contributed by atoms with Gasteiger partial charge in [-0.15, -0.1) is 0 Å². The van der Waals surface area contributed by atoms with Crippen molar-refractivity contribution < 1.29 is 4.74 Å². The number of benzene rings is 1. The summed E-state index contributed by atoms with van der Waals surface area (Å²) in [7, 11) is 0. The van der Waals surface area contributed by atoms with Gasteiger partial charge in [0.25, 0.3) is 0 Å². The molecule has 0 N–H and O–H groups in total. The lowest BCUT2D eigenvalue weighted by molar-refractivity contribution is 0.289. The Morgan fingerprint density at radius 3 is 2.10 bits per heavy atom. The zero-order valence-corrected chi connectivity index (χ0v) is 20.0. The summed E-state index contributed by atoms with van der Waals surface area (Å²) in [6.45, 7) is 5.43. The number of rotatable bonds is 16. The molecule has 1 aliphatic carbocycles. The van der Waals surface area contributed by atoms with Crippen molar-refractivity contribution in [2.24, 2.45) is 11.8 Å². The van der Waals surface area contributed by atoms with Crippen LogP contribution in [0.2, 0.25) is 0 Å². The molecular formula is C29H48O.